The maximum absolute atomic E-state index is 14.0. The molecule has 0 heterocycles. The van der Waals surface area contributed by atoms with Gasteiger partial charge in [0.2, 0.25) is 0 Å². The molecule has 0 saturated carbocycles. The molecule has 0 spiro atoms. The van der Waals surface area contributed by atoms with Gasteiger partial charge in [-0.05, 0) is 29.8 Å². The third-order valence-corrected chi connectivity index (χ3v) is 3.60. The van der Waals surface area contributed by atoms with E-state index >= 15 is 0 Å². The summed E-state index contributed by atoms with van der Waals surface area (Å²) >= 11 is 3.35. The largest absolute Gasteiger partial charge is 0.497 e. The zero-order valence-electron chi connectivity index (χ0n) is 10.4. The molecular weight excluding hydrogens is 311 g/mol. The summed E-state index contributed by atoms with van der Waals surface area (Å²) in [5, 5.41) is 0. The van der Waals surface area contributed by atoms with Crippen molar-refractivity contribution >= 4 is 15.9 Å². The van der Waals surface area contributed by atoms with E-state index in [1.165, 1.54) is 6.07 Å². The normalized spacial score (nSPS) is 12.2. The van der Waals surface area contributed by atoms with E-state index in [1.54, 1.807) is 19.2 Å². The highest BCUT2D eigenvalue weighted by atomic mass is 79.9. The first kappa shape index (κ1) is 14.0. The van der Waals surface area contributed by atoms with Crippen LogP contribution < -0.4 is 16.0 Å². The molecule has 0 saturated heterocycles. The van der Waals surface area contributed by atoms with Crippen LogP contribution in [0.4, 0.5) is 4.39 Å². The lowest BCUT2D eigenvalue weighted by Crippen LogP contribution is -2.29. The van der Waals surface area contributed by atoms with E-state index < -0.39 is 6.04 Å². The molecule has 0 aliphatic heterocycles. The van der Waals surface area contributed by atoms with Gasteiger partial charge in [0.25, 0.3) is 0 Å². The fourth-order valence-electron chi connectivity index (χ4n) is 1.93. The summed E-state index contributed by atoms with van der Waals surface area (Å²) in [6.07, 6.45) is 0. The molecule has 19 heavy (non-hydrogen) atoms. The van der Waals surface area contributed by atoms with Gasteiger partial charge in [0, 0.05) is 10.0 Å². The minimum absolute atomic E-state index is 0.312. The standard InChI is InChI=1S/C14H14BrFN2O/c1-19-10-7-5-9(6-8-10)14(18-17)13-11(15)3-2-4-12(13)16/h2-8,14,18H,17H2,1H3. The van der Waals surface area contributed by atoms with E-state index in [0.29, 0.717) is 10.0 Å². The van der Waals surface area contributed by atoms with Crippen molar-refractivity contribution in [3.8, 4) is 5.75 Å². The number of nitrogens with two attached hydrogens (primary N) is 1. The van der Waals surface area contributed by atoms with Crippen LogP contribution in [0.2, 0.25) is 0 Å². The third kappa shape index (κ3) is 2.94. The number of methoxy groups -OCH3 is 1. The highest BCUT2D eigenvalue weighted by Gasteiger charge is 2.19. The minimum atomic E-state index is -0.429. The molecule has 3 N–H and O–H groups in total. The van der Waals surface area contributed by atoms with Gasteiger partial charge in [-0.1, -0.05) is 34.1 Å². The van der Waals surface area contributed by atoms with Gasteiger partial charge in [0.15, 0.2) is 0 Å². The second-order valence-corrected chi connectivity index (χ2v) is 4.86. The summed E-state index contributed by atoms with van der Waals surface area (Å²) in [5.74, 6) is 6.01. The Hall–Kier alpha value is -1.43. The van der Waals surface area contributed by atoms with Gasteiger partial charge in [-0.15, -0.1) is 0 Å². The monoisotopic (exact) mass is 324 g/mol. The molecule has 0 amide bonds. The van der Waals surface area contributed by atoms with Gasteiger partial charge in [-0.2, -0.15) is 0 Å². The number of ether oxygens (including phenoxy) is 1. The van der Waals surface area contributed by atoms with E-state index in [0.717, 1.165) is 11.3 Å². The zero-order valence-corrected chi connectivity index (χ0v) is 11.9. The van der Waals surface area contributed by atoms with Crippen molar-refractivity contribution in [3.63, 3.8) is 0 Å². The van der Waals surface area contributed by atoms with E-state index in [1.807, 2.05) is 24.3 Å². The summed E-state index contributed by atoms with van der Waals surface area (Å²) < 4.78 is 19.7. The van der Waals surface area contributed by atoms with Crippen LogP contribution in [0.3, 0.4) is 0 Å². The molecule has 1 unspecified atom stereocenters. The molecule has 3 nitrogen and oxygen atoms in total. The lowest BCUT2D eigenvalue weighted by Gasteiger charge is -2.19. The fraction of sp³-hybridized carbons (Fsp3) is 0.143. The first-order valence-corrected chi connectivity index (χ1v) is 6.50. The minimum Gasteiger partial charge on any atom is -0.497 e. The quantitative estimate of drug-likeness (QED) is 0.671. The topological polar surface area (TPSA) is 47.3 Å². The summed E-state index contributed by atoms with van der Waals surface area (Å²) in [5.41, 5.74) is 3.98. The van der Waals surface area contributed by atoms with E-state index in [4.69, 9.17) is 10.6 Å². The van der Waals surface area contributed by atoms with Crippen molar-refractivity contribution in [2.24, 2.45) is 5.84 Å². The Kier molecular flexibility index (Phi) is 4.52. The van der Waals surface area contributed by atoms with Gasteiger partial charge >= 0.3 is 0 Å². The van der Waals surface area contributed by atoms with Crippen molar-refractivity contribution in [1.29, 1.82) is 0 Å². The molecular formula is C14H14BrFN2O. The van der Waals surface area contributed by atoms with Gasteiger partial charge in [0.05, 0.1) is 13.2 Å². The Labute approximate surface area is 119 Å². The molecule has 0 aliphatic carbocycles. The smallest absolute Gasteiger partial charge is 0.129 e. The molecule has 100 valence electrons. The van der Waals surface area contributed by atoms with Crippen molar-refractivity contribution in [1.82, 2.24) is 5.43 Å². The van der Waals surface area contributed by atoms with E-state index in [-0.39, 0.29) is 5.82 Å². The lowest BCUT2D eigenvalue weighted by molar-refractivity contribution is 0.414. The highest BCUT2D eigenvalue weighted by Crippen LogP contribution is 2.31. The molecule has 0 radical (unpaired) electrons. The molecule has 0 fully saturated rings. The molecule has 2 aromatic rings. The summed E-state index contributed by atoms with van der Waals surface area (Å²) in [7, 11) is 1.60. The van der Waals surface area contributed by atoms with Crippen LogP contribution in [0.1, 0.15) is 17.2 Å². The van der Waals surface area contributed by atoms with Crippen molar-refractivity contribution < 1.29 is 9.13 Å². The van der Waals surface area contributed by atoms with Crippen LogP contribution >= 0.6 is 15.9 Å². The molecule has 5 heteroatoms. The molecule has 1 atom stereocenters. The van der Waals surface area contributed by atoms with E-state index in [2.05, 4.69) is 21.4 Å². The third-order valence-electron chi connectivity index (χ3n) is 2.90. The number of hydrogen-bond donors (Lipinski definition) is 2. The number of hydrogen-bond acceptors (Lipinski definition) is 3. The van der Waals surface area contributed by atoms with Crippen LogP contribution in [0.25, 0.3) is 0 Å². The second-order valence-electron chi connectivity index (χ2n) is 4.01. The number of halogens is 2. The number of nitrogens with one attached hydrogen (secondary N) is 1. The Morgan fingerprint density at radius 3 is 2.42 bits per heavy atom. The van der Waals surface area contributed by atoms with Gasteiger partial charge in [0.1, 0.15) is 11.6 Å². The highest BCUT2D eigenvalue weighted by molar-refractivity contribution is 9.10. The Morgan fingerprint density at radius 2 is 1.89 bits per heavy atom. The van der Waals surface area contributed by atoms with Crippen LogP contribution in [0, 0.1) is 5.82 Å². The summed E-state index contributed by atoms with van der Waals surface area (Å²) in [4.78, 5) is 0. The Balaban J connectivity index is 2.44. The zero-order chi connectivity index (χ0) is 13.8. The number of benzene rings is 2. The first-order valence-electron chi connectivity index (χ1n) is 5.71. The fourth-order valence-corrected chi connectivity index (χ4v) is 2.50. The Morgan fingerprint density at radius 1 is 1.21 bits per heavy atom. The van der Waals surface area contributed by atoms with Crippen LogP contribution in [-0.4, -0.2) is 7.11 Å². The predicted molar refractivity (Wildman–Crippen MR) is 76.3 cm³/mol. The van der Waals surface area contributed by atoms with Crippen LogP contribution in [0.5, 0.6) is 5.75 Å². The Bertz CT molecular complexity index is 540. The first-order chi connectivity index (χ1) is 9.17. The molecule has 2 aromatic carbocycles. The molecule has 0 aromatic heterocycles. The van der Waals surface area contributed by atoms with Crippen LogP contribution in [0.15, 0.2) is 46.9 Å². The maximum Gasteiger partial charge on any atom is 0.129 e. The average Bonchev–Trinajstić information content (AvgIpc) is 2.43. The van der Waals surface area contributed by atoms with Gasteiger partial charge < -0.3 is 4.74 Å². The molecule has 0 bridgehead atoms. The van der Waals surface area contributed by atoms with E-state index in [9.17, 15) is 4.39 Å². The van der Waals surface area contributed by atoms with Crippen molar-refractivity contribution in [2.45, 2.75) is 6.04 Å². The average molecular weight is 325 g/mol. The number of hydrazine groups is 1. The molecule has 2 rings (SSSR count). The number of rotatable bonds is 4. The predicted octanol–water partition coefficient (Wildman–Crippen LogP) is 3.15. The summed E-state index contributed by atoms with van der Waals surface area (Å²) in [6, 6.07) is 11.7. The van der Waals surface area contributed by atoms with Crippen LogP contribution in [-0.2, 0) is 0 Å². The molecule has 0 aliphatic rings. The lowest BCUT2D eigenvalue weighted by atomic mass is 9.99. The second kappa shape index (κ2) is 6.14. The van der Waals surface area contributed by atoms with Crippen molar-refractivity contribution in [3.05, 3.63) is 63.9 Å². The van der Waals surface area contributed by atoms with Crippen molar-refractivity contribution in [2.75, 3.05) is 7.11 Å². The van der Waals surface area contributed by atoms with Gasteiger partial charge in [-0.25, -0.2) is 9.82 Å². The summed E-state index contributed by atoms with van der Waals surface area (Å²) in [6.45, 7) is 0. The maximum atomic E-state index is 14.0. The van der Waals surface area contributed by atoms with Gasteiger partial charge in [-0.3, -0.25) is 5.84 Å². The SMILES string of the molecule is COc1ccc(C(NN)c2c(F)cccc2Br)cc1.